The van der Waals surface area contributed by atoms with Crippen molar-refractivity contribution in [2.24, 2.45) is 0 Å². The molecule has 108 valence electrons. The van der Waals surface area contributed by atoms with Gasteiger partial charge in [0.05, 0.1) is 6.10 Å². The van der Waals surface area contributed by atoms with Crippen molar-refractivity contribution in [2.75, 3.05) is 18.1 Å². The van der Waals surface area contributed by atoms with E-state index in [0.29, 0.717) is 6.10 Å². The molecule has 1 atom stereocenters. The molecular weight excluding hydrogens is 250 g/mol. The summed E-state index contributed by atoms with van der Waals surface area (Å²) in [6.07, 6.45) is 7.20. The average molecular weight is 273 g/mol. The Morgan fingerprint density at radius 3 is 3.00 bits per heavy atom. The standard InChI is InChI=1S/C17H23NO2/c1-13(19)18-9-4-5-15-11-14(7-8-17(15)18)12-16-6-2-3-10-20-16/h7-8,11,16H,2-6,9-10,12H2,1H3/t16-/m0/s1. The van der Waals surface area contributed by atoms with E-state index in [0.717, 1.165) is 38.1 Å². The zero-order valence-corrected chi connectivity index (χ0v) is 12.2. The molecule has 2 aliphatic heterocycles. The molecule has 0 bridgehead atoms. The van der Waals surface area contributed by atoms with Gasteiger partial charge in [-0.25, -0.2) is 0 Å². The monoisotopic (exact) mass is 273 g/mol. The Balaban J connectivity index is 1.76. The quantitative estimate of drug-likeness (QED) is 0.828. The van der Waals surface area contributed by atoms with E-state index >= 15 is 0 Å². The minimum atomic E-state index is 0.148. The number of ether oxygens (including phenoxy) is 1. The summed E-state index contributed by atoms with van der Waals surface area (Å²) < 4.78 is 5.82. The fraction of sp³-hybridized carbons (Fsp3) is 0.588. The Labute approximate surface area is 120 Å². The Morgan fingerprint density at radius 1 is 1.35 bits per heavy atom. The van der Waals surface area contributed by atoms with Gasteiger partial charge in [-0.15, -0.1) is 0 Å². The lowest BCUT2D eigenvalue weighted by atomic mass is 9.95. The van der Waals surface area contributed by atoms with E-state index in [4.69, 9.17) is 4.74 Å². The summed E-state index contributed by atoms with van der Waals surface area (Å²) in [6, 6.07) is 6.56. The highest BCUT2D eigenvalue weighted by molar-refractivity contribution is 5.92. The number of carbonyl (C=O) groups excluding carboxylic acids is 1. The lowest BCUT2D eigenvalue weighted by molar-refractivity contribution is -0.116. The number of carbonyl (C=O) groups is 1. The van der Waals surface area contributed by atoms with Gasteiger partial charge in [0, 0.05) is 25.8 Å². The molecule has 0 radical (unpaired) electrons. The van der Waals surface area contributed by atoms with Gasteiger partial charge in [-0.2, -0.15) is 0 Å². The first-order valence-corrected chi connectivity index (χ1v) is 7.75. The molecule has 1 aromatic rings. The van der Waals surface area contributed by atoms with Gasteiger partial charge in [-0.1, -0.05) is 12.1 Å². The van der Waals surface area contributed by atoms with Crippen molar-refractivity contribution < 1.29 is 9.53 Å². The molecule has 0 aromatic heterocycles. The van der Waals surface area contributed by atoms with Crippen molar-refractivity contribution in [3.63, 3.8) is 0 Å². The first kappa shape index (κ1) is 13.6. The molecule has 0 unspecified atom stereocenters. The van der Waals surface area contributed by atoms with Crippen molar-refractivity contribution in [3.8, 4) is 0 Å². The van der Waals surface area contributed by atoms with Crippen molar-refractivity contribution in [1.29, 1.82) is 0 Å². The van der Waals surface area contributed by atoms with Crippen LogP contribution in [0, 0.1) is 0 Å². The van der Waals surface area contributed by atoms with Gasteiger partial charge in [0.15, 0.2) is 0 Å². The number of benzene rings is 1. The van der Waals surface area contributed by atoms with Crippen LogP contribution in [-0.2, 0) is 22.4 Å². The molecular formula is C17H23NO2. The summed E-state index contributed by atoms with van der Waals surface area (Å²) >= 11 is 0. The van der Waals surface area contributed by atoms with Gasteiger partial charge in [0.2, 0.25) is 5.91 Å². The average Bonchev–Trinajstić information content (AvgIpc) is 2.47. The molecule has 2 heterocycles. The highest BCUT2D eigenvalue weighted by atomic mass is 16.5. The second-order valence-corrected chi connectivity index (χ2v) is 5.93. The fourth-order valence-electron chi connectivity index (χ4n) is 3.34. The second kappa shape index (κ2) is 5.96. The smallest absolute Gasteiger partial charge is 0.223 e. The molecule has 0 aliphatic carbocycles. The minimum Gasteiger partial charge on any atom is -0.378 e. The van der Waals surface area contributed by atoms with E-state index in [-0.39, 0.29) is 5.91 Å². The normalized spacial score (nSPS) is 22.4. The van der Waals surface area contributed by atoms with Crippen molar-refractivity contribution >= 4 is 11.6 Å². The van der Waals surface area contributed by atoms with Gasteiger partial charge in [0.1, 0.15) is 0 Å². The molecule has 0 spiro atoms. The van der Waals surface area contributed by atoms with E-state index in [1.807, 2.05) is 4.90 Å². The van der Waals surface area contributed by atoms with Gasteiger partial charge in [-0.3, -0.25) is 4.79 Å². The zero-order chi connectivity index (χ0) is 13.9. The topological polar surface area (TPSA) is 29.5 Å². The fourth-order valence-corrected chi connectivity index (χ4v) is 3.34. The largest absolute Gasteiger partial charge is 0.378 e. The van der Waals surface area contributed by atoms with Crippen LogP contribution in [0.15, 0.2) is 18.2 Å². The third-order valence-electron chi connectivity index (χ3n) is 4.38. The van der Waals surface area contributed by atoms with Crippen molar-refractivity contribution in [3.05, 3.63) is 29.3 Å². The molecule has 2 aliphatic rings. The summed E-state index contributed by atoms with van der Waals surface area (Å²) in [5.41, 5.74) is 3.78. The summed E-state index contributed by atoms with van der Waals surface area (Å²) in [6.45, 7) is 3.42. The number of anilines is 1. The van der Waals surface area contributed by atoms with Crippen LogP contribution in [0.5, 0.6) is 0 Å². The van der Waals surface area contributed by atoms with Crippen LogP contribution in [0.4, 0.5) is 5.69 Å². The SMILES string of the molecule is CC(=O)N1CCCc2cc(C[C@@H]3CCCCO3)ccc21. The zero-order valence-electron chi connectivity index (χ0n) is 12.2. The first-order chi connectivity index (χ1) is 9.74. The minimum absolute atomic E-state index is 0.148. The summed E-state index contributed by atoms with van der Waals surface area (Å²) in [7, 11) is 0. The van der Waals surface area contributed by atoms with Crippen molar-refractivity contribution in [2.45, 2.75) is 51.6 Å². The van der Waals surface area contributed by atoms with E-state index < -0.39 is 0 Å². The molecule has 0 saturated carbocycles. The molecule has 3 rings (SSSR count). The molecule has 1 saturated heterocycles. The molecule has 0 N–H and O–H groups in total. The predicted octanol–water partition coefficient (Wildman–Crippen LogP) is 3.10. The second-order valence-electron chi connectivity index (χ2n) is 5.93. The molecule has 3 heteroatoms. The number of fused-ring (bicyclic) bond motifs is 1. The maximum Gasteiger partial charge on any atom is 0.223 e. The third kappa shape index (κ3) is 2.88. The van der Waals surface area contributed by atoms with Gasteiger partial charge < -0.3 is 9.64 Å². The number of amides is 1. The first-order valence-electron chi connectivity index (χ1n) is 7.75. The summed E-state index contributed by atoms with van der Waals surface area (Å²) in [4.78, 5) is 13.6. The number of rotatable bonds is 2. The van der Waals surface area contributed by atoms with Crippen LogP contribution >= 0.6 is 0 Å². The van der Waals surface area contributed by atoms with Crippen LogP contribution in [0.3, 0.4) is 0 Å². The number of aryl methyl sites for hydroxylation is 1. The highest BCUT2D eigenvalue weighted by Gasteiger charge is 2.21. The Kier molecular flexibility index (Phi) is 4.06. The number of nitrogens with zero attached hydrogens (tertiary/aromatic N) is 1. The lowest BCUT2D eigenvalue weighted by Crippen LogP contribution is -2.33. The van der Waals surface area contributed by atoms with Gasteiger partial charge in [-0.05, 0) is 55.7 Å². The van der Waals surface area contributed by atoms with E-state index in [9.17, 15) is 4.79 Å². The predicted molar refractivity (Wildman–Crippen MR) is 80.1 cm³/mol. The Bertz CT molecular complexity index is 492. The lowest BCUT2D eigenvalue weighted by Gasteiger charge is -2.29. The van der Waals surface area contributed by atoms with E-state index in [1.165, 1.54) is 30.4 Å². The molecule has 1 amide bonds. The van der Waals surface area contributed by atoms with Crippen molar-refractivity contribution in [1.82, 2.24) is 0 Å². The molecule has 20 heavy (non-hydrogen) atoms. The van der Waals surface area contributed by atoms with Crippen LogP contribution in [0.25, 0.3) is 0 Å². The number of hydrogen-bond donors (Lipinski definition) is 0. The maximum atomic E-state index is 11.7. The maximum absolute atomic E-state index is 11.7. The van der Waals surface area contributed by atoms with E-state index in [2.05, 4.69) is 18.2 Å². The van der Waals surface area contributed by atoms with Gasteiger partial charge in [0.25, 0.3) is 0 Å². The molecule has 1 fully saturated rings. The van der Waals surface area contributed by atoms with Gasteiger partial charge >= 0.3 is 0 Å². The summed E-state index contributed by atoms with van der Waals surface area (Å²) in [5.74, 6) is 0.148. The summed E-state index contributed by atoms with van der Waals surface area (Å²) in [5, 5.41) is 0. The Morgan fingerprint density at radius 2 is 2.25 bits per heavy atom. The van der Waals surface area contributed by atoms with Crippen LogP contribution < -0.4 is 4.90 Å². The van der Waals surface area contributed by atoms with Crippen LogP contribution in [0.1, 0.15) is 43.7 Å². The third-order valence-corrected chi connectivity index (χ3v) is 4.38. The molecule has 3 nitrogen and oxygen atoms in total. The molecule has 1 aromatic carbocycles. The Hall–Kier alpha value is -1.35. The van der Waals surface area contributed by atoms with E-state index in [1.54, 1.807) is 6.92 Å². The van der Waals surface area contributed by atoms with Crippen LogP contribution in [0.2, 0.25) is 0 Å². The highest BCUT2D eigenvalue weighted by Crippen LogP contribution is 2.29. The van der Waals surface area contributed by atoms with Crippen LogP contribution in [-0.4, -0.2) is 25.2 Å². The number of hydrogen-bond acceptors (Lipinski definition) is 2.